The number of fused-ring (bicyclic) bond motifs is 1. The third-order valence-corrected chi connectivity index (χ3v) is 4.59. The highest BCUT2D eigenvalue weighted by atomic mass is 19.1. The van der Waals surface area contributed by atoms with Gasteiger partial charge in [0.25, 0.3) is 5.91 Å². The normalized spacial score (nSPS) is 10.7. The van der Waals surface area contributed by atoms with Gasteiger partial charge in [0.2, 0.25) is 0 Å². The van der Waals surface area contributed by atoms with Crippen molar-refractivity contribution >= 4 is 16.9 Å². The summed E-state index contributed by atoms with van der Waals surface area (Å²) in [4.78, 5) is 24.5. The van der Waals surface area contributed by atoms with E-state index in [1.807, 2.05) is 18.2 Å². The van der Waals surface area contributed by atoms with E-state index < -0.39 is 11.3 Å². The van der Waals surface area contributed by atoms with Gasteiger partial charge in [-0.1, -0.05) is 42.5 Å². The van der Waals surface area contributed by atoms with Crippen LogP contribution in [0.3, 0.4) is 0 Å². The van der Waals surface area contributed by atoms with Crippen molar-refractivity contribution in [1.82, 2.24) is 5.32 Å². The van der Waals surface area contributed by atoms with Crippen LogP contribution in [0.4, 0.5) is 4.39 Å². The number of carbonyl (C=O) groups is 1. The van der Waals surface area contributed by atoms with Crippen molar-refractivity contribution in [3.63, 3.8) is 0 Å². The molecule has 0 atom stereocenters. The van der Waals surface area contributed by atoms with Gasteiger partial charge in [0.05, 0.1) is 0 Å². The lowest BCUT2D eigenvalue weighted by Crippen LogP contribution is -2.28. The molecule has 7 heteroatoms. The van der Waals surface area contributed by atoms with Gasteiger partial charge < -0.3 is 19.6 Å². The lowest BCUT2D eigenvalue weighted by molar-refractivity contribution is -0.123. The Bertz CT molecular complexity index is 1300. The number of phenolic OH excluding ortho intramolecular Hbond substituents is 1. The van der Waals surface area contributed by atoms with Gasteiger partial charge in [-0.15, -0.1) is 0 Å². The zero-order valence-electron chi connectivity index (χ0n) is 16.3. The van der Waals surface area contributed by atoms with Gasteiger partial charge in [-0.3, -0.25) is 9.59 Å². The van der Waals surface area contributed by atoms with E-state index in [0.717, 1.165) is 0 Å². The van der Waals surface area contributed by atoms with Crippen LogP contribution in [-0.2, 0) is 11.3 Å². The van der Waals surface area contributed by atoms with Gasteiger partial charge in [-0.25, -0.2) is 4.39 Å². The van der Waals surface area contributed by atoms with Crippen molar-refractivity contribution < 1.29 is 23.4 Å². The zero-order valence-corrected chi connectivity index (χ0v) is 16.3. The van der Waals surface area contributed by atoms with Gasteiger partial charge in [-0.2, -0.15) is 0 Å². The molecule has 6 nitrogen and oxygen atoms in total. The van der Waals surface area contributed by atoms with Gasteiger partial charge in [0.15, 0.2) is 12.0 Å². The summed E-state index contributed by atoms with van der Waals surface area (Å²) in [6.45, 7) is -0.179. The van der Waals surface area contributed by atoms with Crippen molar-refractivity contribution in [3.05, 3.63) is 94.4 Å². The lowest BCUT2D eigenvalue weighted by Gasteiger charge is -2.10. The number of hydrogen-bond acceptors (Lipinski definition) is 5. The highest BCUT2D eigenvalue weighted by Crippen LogP contribution is 2.31. The van der Waals surface area contributed by atoms with Crippen molar-refractivity contribution in [3.8, 4) is 22.8 Å². The first kappa shape index (κ1) is 20.2. The molecule has 2 N–H and O–H groups in total. The zero-order chi connectivity index (χ0) is 21.8. The number of hydrogen-bond donors (Lipinski definition) is 2. The minimum absolute atomic E-state index is 0.0302. The van der Waals surface area contributed by atoms with Crippen molar-refractivity contribution in [2.24, 2.45) is 0 Å². The molecule has 0 spiro atoms. The smallest absolute Gasteiger partial charge is 0.258 e. The summed E-state index contributed by atoms with van der Waals surface area (Å²) in [7, 11) is 0. The van der Waals surface area contributed by atoms with Crippen molar-refractivity contribution in [2.45, 2.75) is 6.54 Å². The Balaban J connectivity index is 1.50. The number of amides is 1. The van der Waals surface area contributed by atoms with Crippen LogP contribution in [-0.4, -0.2) is 17.6 Å². The molecular weight excluding hydrogens is 401 g/mol. The molecule has 0 saturated heterocycles. The number of aromatic hydroxyl groups is 1. The van der Waals surface area contributed by atoms with Crippen LogP contribution >= 0.6 is 0 Å². The fraction of sp³-hybridized carbons (Fsp3) is 0.0833. The molecule has 31 heavy (non-hydrogen) atoms. The summed E-state index contributed by atoms with van der Waals surface area (Å²) < 4.78 is 24.4. The Kier molecular flexibility index (Phi) is 5.66. The van der Waals surface area contributed by atoms with Gasteiger partial charge >= 0.3 is 0 Å². The second-order valence-electron chi connectivity index (χ2n) is 6.85. The van der Waals surface area contributed by atoms with Crippen molar-refractivity contribution in [2.75, 3.05) is 6.61 Å². The Morgan fingerprint density at radius 2 is 1.84 bits per heavy atom. The second kappa shape index (κ2) is 8.71. The molecule has 0 radical (unpaired) electrons. The van der Waals surface area contributed by atoms with Crippen LogP contribution in [0.5, 0.6) is 11.5 Å². The average Bonchev–Trinajstić information content (AvgIpc) is 2.76. The number of benzene rings is 3. The van der Waals surface area contributed by atoms with E-state index >= 15 is 0 Å². The Hall–Kier alpha value is -4.13. The maximum atomic E-state index is 13.2. The first-order valence-electron chi connectivity index (χ1n) is 9.50. The van der Waals surface area contributed by atoms with E-state index in [1.165, 1.54) is 30.3 Å². The standard InChI is InChI=1S/C24H18FNO5/c25-17-8-4-5-15(9-17)13-26-23(29)14-30-18-10-19(27)24-20(28)12-21(31-22(24)11-18)16-6-2-1-3-7-16/h1-12,27H,13-14H2,(H,26,29). The number of carbonyl (C=O) groups excluding carboxylic acids is 1. The van der Waals surface area contributed by atoms with E-state index in [9.17, 15) is 19.1 Å². The third-order valence-electron chi connectivity index (χ3n) is 4.59. The molecule has 0 aliphatic rings. The molecule has 3 aromatic carbocycles. The van der Waals surface area contributed by atoms with Crippen LogP contribution in [0.2, 0.25) is 0 Å². The van der Waals surface area contributed by atoms with Crippen molar-refractivity contribution in [1.29, 1.82) is 0 Å². The molecule has 0 aliphatic carbocycles. The summed E-state index contributed by atoms with van der Waals surface area (Å²) >= 11 is 0. The van der Waals surface area contributed by atoms with E-state index in [0.29, 0.717) is 16.9 Å². The average molecular weight is 419 g/mol. The minimum atomic E-state index is -0.427. The Morgan fingerprint density at radius 1 is 1.03 bits per heavy atom. The van der Waals surface area contributed by atoms with E-state index in [-0.39, 0.29) is 41.4 Å². The predicted octanol–water partition coefficient (Wildman–Crippen LogP) is 4.00. The molecule has 4 rings (SSSR count). The molecule has 1 amide bonds. The fourth-order valence-electron chi connectivity index (χ4n) is 3.12. The highest BCUT2D eigenvalue weighted by Gasteiger charge is 2.13. The molecular formula is C24H18FNO5. The number of nitrogens with one attached hydrogen (secondary N) is 1. The molecule has 1 heterocycles. The first-order chi connectivity index (χ1) is 15.0. The summed E-state index contributed by atoms with van der Waals surface area (Å²) in [6.07, 6.45) is 0. The number of rotatable bonds is 6. The molecule has 0 unspecified atom stereocenters. The number of phenols is 1. The molecule has 0 aliphatic heterocycles. The molecule has 156 valence electrons. The summed E-state index contributed by atoms with van der Waals surface area (Å²) in [6, 6.07) is 19.0. The highest BCUT2D eigenvalue weighted by molar-refractivity contribution is 5.86. The van der Waals surface area contributed by atoms with Crippen LogP contribution in [0.1, 0.15) is 5.56 Å². The molecule has 0 saturated carbocycles. The molecule has 0 fully saturated rings. The van der Waals surface area contributed by atoms with Gasteiger partial charge in [0.1, 0.15) is 34.0 Å². The third kappa shape index (κ3) is 4.72. The maximum Gasteiger partial charge on any atom is 0.258 e. The van der Waals surface area contributed by atoms with Crippen LogP contribution < -0.4 is 15.5 Å². The van der Waals surface area contributed by atoms with Gasteiger partial charge in [0, 0.05) is 30.3 Å². The number of ether oxygens (including phenoxy) is 1. The number of halogens is 1. The topological polar surface area (TPSA) is 88.8 Å². The summed E-state index contributed by atoms with van der Waals surface area (Å²) in [5.41, 5.74) is 1.08. The second-order valence-corrected chi connectivity index (χ2v) is 6.85. The largest absolute Gasteiger partial charge is 0.507 e. The van der Waals surface area contributed by atoms with Crippen LogP contribution in [0, 0.1) is 5.82 Å². The fourth-order valence-corrected chi connectivity index (χ4v) is 3.12. The summed E-state index contributed by atoms with van der Waals surface area (Å²) in [5.74, 6) is -0.600. The maximum absolute atomic E-state index is 13.2. The predicted molar refractivity (Wildman–Crippen MR) is 113 cm³/mol. The minimum Gasteiger partial charge on any atom is -0.507 e. The lowest BCUT2D eigenvalue weighted by atomic mass is 10.1. The molecule has 0 bridgehead atoms. The van der Waals surface area contributed by atoms with Crippen LogP contribution in [0.25, 0.3) is 22.3 Å². The Morgan fingerprint density at radius 3 is 2.61 bits per heavy atom. The van der Waals surface area contributed by atoms with Crippen LogP contribution in [0.15, 0.2) is 82.0 Å². The Labute approximate surface area is 176 Å². The SMILES string of the molecule is O=C(COc1cc(O)c2c(=O)cc(-c3ccccc3)oc2c1)NCc1cccc(F)c1. The van der Waals surface area contributed by atoms with E-state index in [1.54, 1.807) is 24.3 Å². The van der Waals surface area contributed by atoms with E-state index in [2.05, 4.69) is 5.32 Å². The van der Waals surface area contributed by atoms with E-state index in [4.69, 9.17) is 9.15 Å². The summed E-state index contributed by atoms with van der Waals surface area (Å²) in [5, 5.41) is 12.9. The molecule has 1 aromatic heterocycles. The van der Waals surface area contributed by atoms with Gasteiger partial charge in [-0.05, 0) is 17.7 Å². The quantitative estimate of drug-likeness (QED) is 0.493. The molecule has 4 aromatic rings. The first-order valence-corrected chi connectivity index (χ1v) is 9.50. The monoisotopic (exact) mass is 419 g/mol.